The molecule has 1 aromatic rings. The van der Waals surface area contributed by atoms with E-state index in [1.54, 1.807) is 11.0 Å². The summed E-state index contributed by atoms with van der Waals surface area (Å²) in [6.07, 6.45) is 3.96. The van der Waals surface area contributed by atoms with Crippen LogP contribution in [0.5, 0.6) is 0 Å². The summed E-state index contributed by atoms with van der Waals surface area (Å²) in [5, 5.41) is 3.94. The van der Waals surface area contributed by atoms with Crippen molar-refractivity contribution in [1.29, 1.82) is 0 Å². The maximum atomic E-state index is 10.6. The van der Waals surface area contributed by atoms with E-state index in [9.17, 15) is 4.79 Å². The first-order valence-corrected chi connectivity index (χ1v) is 4.08. The lowest BCUT2D eigenvalue weighted by atomic mass is 10.00. The Morgan fingerprint density at radius 3 is 3.08 bits per heavy atom. The van der Waals surface area contributed by atoms with Crippen molar-refractivity contribution in [2.24, 2.45) is 5.73 Å². The molecule has 6 heteroatoms. The van der Waals surface area contributed by atoms with Gasteiger partial charge in [-0.3, -0.25) is 4.90 Å². The molecule has 0 radical (unpaired) electrons. The van der Waals surface area contributed by atoms with Crippen molar-refractivity contribution in [1.82, 2.24) is 19.7 Å². The molecule has 0 bridgehead atoms. The highest BCUT2D eigenvalue weighted by Gasteiger charge is 2.35. The Labute approximate surface area is 75.3 Å². The Kier molecular flexibility index (Phi) is 2.07. The molecule has 0 amide bonds. The number of carbonyl (C=O) groups is 1. The second kappa shape index (κ2) is 3.23. The van der Waals surface area contributed by atoms with Crippen molar-refractivity contribution < 1.29 is 4.79 Å². The molecular weight excluding hydrogens is 170 g/mol. The van der Waals surface area contributed by atoms with E-state index in [1.165, 1.54) is 6.33 Å². The zero-order chi connectivity index (χ0) is 9.26. The quantitative estimate of drug-likeness (QED) is 0.571. The van der Waals surface area contributed by atoms with Crippen LogP contribution in [0.25, 0.3) is 0 Å². The maximum absolute atomic E-state index is 10.6. The summed E-state index contributed by atoms with van der Waals surface area (Å²) >= 11 is 0. The minimum absolute atomic E-state index is 0.0268. The molecule has 0 saturated carbocycles. The summed E-state index contributed by atoms with van der Waals surface area (Å²) in [4.78, 5) is 16.3. The van der Waals surface area contributed by atoms with Crippen molar-refractivity contribution >= 4 is 6.29 Å². The van der Waals surface area contributed by atoms with Gasteiger partial charge in [-0.15, -0.1) is 0 Å². The van der Waals surface area contributed by atoms with Crippen LogP contribution < -0.4 is 5.73 Å². The molecule has 1 saturated heterocycles. The molecule has 70 valence electrons. The van der Waals surface area contributed by atoms with Gasteiger partial charge in [-0.05, 0) is 0 Å². The zero-order valence-corrected chi connectivity index (χ0v) is 7.08. The van der Waals surface area contributed by atoms with Gasteiger partial charge in [-0.2, -0.15) is 5.10 Å². The fourth-order valence-corrected chi connectivity index (χ4v) is 1.46. The highest BCUT2D eigenvalue weighted by Crippen LogP contribution is 2.14. The van der Waals surface area contributed by atoms with Gasteiger partial charge >= 0.3 is 0 Å². The fraction of sp³-hybridized carbons (Fsp3) is 0.571. The predicted octanol–water partition coefficient (Wildman–Crippen LogP) is -1.55. The Morgan fingerprint density at radius 1 is 1.69 bits per heavy atom. The number of nitrogens with zero attached hydrogens (tertiary/aromatic N) is 4. The van der Waals surface area contributed by atoms with E-state index >= 15 is 0 Å². The predicted molar refractivity (Wildman–Crippen MR) is 44.6 cm³/mol. The van der Waals surface area contributed by atoms with E-state index in [-0.39, 0.29) is 12.1 Å². The van der Waals surface area contributed by atoms with E-state index in [2.05, 4.69) is 10.1 Å². The maximum Gasteiger partial charge on any atom is 0.138 e. The van der Waals surface area contributed by atoms with E-state index in [0.29, 0.717) is 6.67 Å². The second-order valence-electron chi connectivity index (χ2n) is 3.14. The van der Waals surface area contributed by atoms with Crippen LogP contribution in [-0.2, 0) is 11.5 Å². The first-order chi connectivity index (χ1) is 6.31. The largest absolute Gasteiger partial charge is 0.325 e. The van der Waals surface area contributed by atoms with Crippen LogP contribution >= 0.6 is 0 Å². The summed E-state index contributed by atoms with van der Waals surface area (Å²) in [5.74, 6) is 0. The number of nitrogens with two attached hydrogens (primary N) is 1. The summed E-state index contributed by atoms with van der Waals surface area (Å²) in [6, 6.07) is -0.190. The lowest BCUT2D eigenvalue weighted by molar-refractivity contribution is -0.119. The van der Waals surface area contributed by atoms with Crippen molar-refractivity contribution in [3.63, 3.8) is 0 Å². The van der Waals surface area contributed by atoms with Gasteiger partial charge in [0.25, 0.3) is 0 Å². The fourth-order valence-electron chi connectivity index (χ4n) is 1.46. The number of carbonyl (C=O) groups excluding carboxylic acids is 1. The molecule has 1 aliphatic heterocycles. The molecule has 0 spiro atoms. The van der Waals surface area contributed by atoms with Crippen molar-refractivity contribution in [3.05, 3.63) is 12.7 Å². The summed E-state index contributed by atoms with van der Waals surface area (Å²) in [6.45, 7) is 1.32. The molecule has 13 heavy (non-hydrogen) atoms. The van der Waals surface area contributed by atoms with E-state index in [0.717, 1.165) is 12.8 Å². The lowest BCUT2D eigenvalue weighted by Gasteiger charge is -2.42. The summed E-state index contributed by atoms with van der Waals surface area (Å²) < 4.78 is 1.67. The van der Waals surface area contributed by atoms with Gasteiger partial charge in [0.15, 0.2) is 0 Å². The molecule has 1 aromatic heterocycles. The molecule has 6 nitrogen and oxygen atoms in total. The molecule has 0 aliphatic carbocycles. The van der Waals surface area contributed by atoms with Gasteiger partial charge in [0.2, 0.25) is 0 Å². The molecule has 1 fully saturated rings. The Bertz CT molecular complexity index is 285. The van der Waals surface area contributed by atoms with Gasteiger partial charge in [0, 0.05) is 12.6 Å². The Morgan fingerprint density at radius 2 is 2.54 bits per heavy atom. The third-order valence-electron chi connectivity index (χ3n) is 2.24. The SMILES string of the molecule is NC1CN(Cn2cncn2)C1C=O. The van der Waals surface area contributed by atoms with Crippen LogP contribution in [0.4, 0.5) is 0 Å². The number of hydrogen-bond acceptors (Lipinski definition) is 5. The van der Waals surface area contributed by atoms with Crippen LogP contribution in [0.1, 0.15) is 0 Å². The number of aldehydes is 1. The summed E-state index contributed by atoms with van der Waals surface area (Å²) in [5.41, 5.74) is 5.63. The Balaban J connectivity index is 1.94. The molecule has 2 atom stereocenters. The van der Waals surface area contributed by atoms with Crippen molar-refractivity contribution in [3.8, 4) is 0 Å². The number of rotatable bonds is 3. The molecule has 2 unspecified atom stereocenters. The van der Waals surface area contributed by atoms with Gasteiger partial charge in [0.05, 0.1) is 12.7 Å². The highest BCUT2D eigenvalue weighted by molar-refractivity contribution is 5.60. The van der Waals surface area contributed by atoms with Crippen LogP contribution in [-0.4, -0.2) is 44.6 Å². The minimum atomic E-state index is -0.163. The first kappa shape index (κ1) is 8.33. The smallest absolute Gasteiger partial charge is 0.138 e. The molecule has 2 heterocycles. The monoisotopic (exact) mass is 181 g/mol. The van der Waals surface area contributed by atoms with Crippen LogP contribution in [0.15, 0.2) is 12.7 Å². The van der Waals surface area contributed by atoms with Crippen LogP contribution in [0.2, 0.25) is 0 Å². The minimum Gasteiger partial charge on any atom is -0.325 e. The summed E-state index contributed by atoms with van der Waals surface area (Å²) in [7, 11) is 0. The third-order valence-corrected chi connectivity index (χ3v) is 2.24. The average Bonchev–Trinajstić information content (AvgIpc) is 2.56. The van der Waals surface area contributed by atoms with Gasteiger partial charge in [0.1, 0.15) is 18.9 Å². The van der Waals surface area contributed by atoms with E-state index in [1.807, 2.05) is 4.90 Å². The average molecular weight is 181 g/mol. The molecule has 2 rings (SSSR count). The molecule has 0 aromatic carbocycles. The third kappa shape index (κ3) is 1.45. The van der Waals surface area contributed by atoms with E-state index in [4.69, 9.17) is 5.73 Å². The number of aromatic nitrogens is 3. The van der Waals surface area contributed by atoms with Crippen LogP contribution in [0, 0.1) is 0 Å². The van der Waals surface area contributed by atoms with E-state index < -0.39 is 0 Å². The molecule has 2 N–H and O–H groups in total. The van der Waals surface area contributed by atoms with Gasteiger partial charge in [-0.1, -0.05) is 0 Å². The van der Waals surface area contributed by atoms with Gasteiger partial charge < -0.3 is 10.5 Å². The van der Waals surface area contributed by atoms with Gasteiger partial charge in [-0.25, -0.2) is 9.67 Å². The molecular formula is C7H11N5O. The van der Waals surface area contributed by atoms with Crippen molar-refractivity contribution in [2.45, 2.75) is 18.8 Å². The number of hydrogen-bond donors (Lipinski definition) is 1. The standard InChI is InChI=1S/C7H11N5O/c8-6-1-11(7(6)2-13)5-12-4-9-3-10-12/h2-4,6-7H,1,5,8H2. The highest BCUT2D eigenvalue weighted by atomic mass is 16.1. The first-order valence-electron chi connectivity index (χ1n) is 4.08. The zero-order valence-electron chi connectivity index (χ0n) is 7.08. The normalized spacial score (nSPS) is 28.4. The second-order valence-corrected chi connectivity index (χ2v) is 3.14. The lowest BCUT2D eigenvalue weighted by Crippen LogP contribution is -2.64. The van der Waals surface area contributed by atoms with Crippen LogP contribution in [0.3, 0.4) is 0 Å². The molecule has 1 aliphatic rings. The van der Waals surface area contributed by atoms with Crippen molar-refractivity contribution in [2.75, 3.05) is 6.54 Å². The topological polar surface area (TPSA) is 77.0 Å². The number of likely N-dealkylation sites (tertiary alicyclic amines) is 1. The Hall–Kier alpha value is -1.27.